The zero-order valence-corrected chi connectivity index (χ0v) is 13.5. The minimum Gasteiger partial charge on any atom is -0.499 e. The van der Waals surface area contributed by atoms with E-state index in [1.54, 1.807) is 43.9 Å². The smallest absolute Gasteiger partial charge is 0.251 e. The topological polar surface area (TPSA) is 75.6 Å². The lowest BCUT2D eigenvalue weighted by atomic mass is 10.2. The summed E-state index contributed by atoms with van der Waals surface area (Å²) in [5, 5.41) is 5.67. The highest BCUT2D eigenvalue weighted by Crippen LogP contribution is 2.08. The van der Waals surface area contributed by atoms with Crippen molar-refractivity contribution in [2.75, 3.05) is 25.5 Å². The van der Waals surface area contributed by atoms with Gasteiger partial charge >= 0.3 is 0 Å². The average Bonchev–Trinajstić information content (AvgIpc) is 2.64. The van der Waals surface area contributed by atoms with E-state index in [4.69, 9.17) is 4.74 Å². The third-order valence-corrected chi connectivity index (χ3v) is 3.02. The Morgan fingerprint density at radius 1 is 1.29 bits per heavy atom. The summed E-state index contributed by atoms with van der Waals surface area (Å²) >= 11 is 0. The summed E-state index contributed by atoms with van der Waals surface area (Å²) < 4.78 is 5.29. The Labute approximate surface area is 141 Å². The molecule has 0 radical (unpaired) electrons. The Hall–Kier alpha value is -3.15. The standard InChI is InChI=1S/C18H20N4O2/c1-19-17-14-15(8-10-21-17)18(23)22-11-13-24-12-5-9-20-16-6-3-2-4-7-16/h2-10,12,14H,11,13H2,1H3,(H,19,21)(H,22,23)/b12-5+,20-9?. The van der Waals surface area contributed by atoms with Crippen molar-refractivity contribution in [3.05, 3.63) is 66.6 Å². The molecule has 1 aromatic heterocycles. The molecular formula is C18H20N4O2. The summed E-state index contributed by atoms with van der Waals surface area (Å²) in [7, 11) is 1.76. The number of amides is 1. The molecule has 0 aliphatic carbocycles. The second-order valence-corrected chi connectivity index (χ2v) is 4.75. The Morgan fingerprint density at radius 3 is 2.92 bits per heavy atom. The first-order valence-corrected chi connectivity index (χ1v) is 7.57. The summed E-state index contributed by atoms with van der Waals surface area (Å²) in [5.41, 5.74) is 1.44. The summed E-state index contributed by atoms with van der Waals surface area (Å²) in [6.45, 7) is 0.793. The summed E-state index contributed by atoms with van der Waals surface area (Å²) in [5.74, 6) is 0.492. The van der Waals surface area contributed by atoms with Crippen molar-refractivity contribution in [1.29, 1.82) is 0 Å². The molecule has 6 nitrogen and oxygen atoms in total. The number of aliphatic imine (C=N–C) groups is 1. The van der Waals surface area contributed by atoms with Gasteiger partial charge in [-0.3, -0.25) is 9.79 Å². The number of hydrogen-bond donors (Lipinski definition) is 2. The highest BCUT2D eigenvalue weighted by atomic mass is 16.5. The number of hydrogen-bond acceptors (Lipinski definition) is 5. The molecule has 1 heterocycles. The van der Waals surface area contributed by atoms with Crippen LogP contribution in [-0.2, 0) is 4.74 Å². The van der Waals surface area contributed by atoms with Gasteiger partial charge in [0, 0.05) is 25.0 Å². The van der Waals surface area contributed by atoms with Crippen LogP contribution in [0.3, 0.4) is 0 Å². The molecular weight excluding hydrogens is 304 g/mol. The van der Waals surface area contributed by atoms with Gasteiger partial charge in [0.2, 0.25) is 0 Å². The first kappa shape index (κ1) is 17.2. The lowest BCUT2D eigenvalue weighted by Gasteiger charge is -2.06. The number of rotatable bonds is 8. The van der Waals surface area contributed by atoms with Crippen molar-refractivity contribution in [1.82, 2.24) is 10.3 Å². The molecule has 0 spiro atoms. The number of nitrogens with one attached hydrogen (secondary N) is 2. The van der Waals surface area contributed by atoms with Crippen molar-refractivity contribution < 1.29 is 9.53 Å². The minimum atomic E-state index is -0.160. The first-order chi connectivity index (χ1) is 11.8. The number of carbonyl (C=O) groups excluding carboxylic acids is 1. The molecule has 1 amide bonds. The van der Waals surface area contributed by atoms with Crippen molar-refractivity contribution in [2.24, 2.45) is 4.99 Å². The van der Waals surface area contributed by atoms with Gasteiger partial charge < -0.3 is 15.4 Å². The van der Waals surface area contributed by atoms with E-state index in [-0.39, 0.29) is 5.91 Å². The van der Waals surface area contributed by atoms with Crippen LogP contribution in [0.25, 0.3) is 0 Å². The largest absolute Gasteiger partial charge is 0.499 e. The number of pyridine rings is 1. The maximum absolute atomic E-state index is 11.9. The number of anilines is 1. The predicted octanol–water partition coefficient (Wildman–Crippen LogP) is 2.79. The fourth-order valence-electron chi connectivity index (χ4n) is 1.84. The van der Waals surface area contributed by atoms with Crippen LogP contribution in [0.2, 0.25) is 0 Å². The number of para-hydroxylation sites is 1. The second kappa shape index (κ2) is 9.78. The fourth-order valence-corrected chi connectivity index (χ4v) is 1.84. The third-order valence-electron chi connectivity index (χ3n) is 3.02. The van der Waals surface area contributed by atoms with Gasteiger partial charge in [0.1, 0.15) is 12.4 Å². The summed E-state index contributed by atoms with van der Waals surface area (Å²) in [6, 6.07) is 13.0. The average molecular weight is 324 g/mol. The zero-order chi connectivity index (χ0) is 17.0. The summed E-state index contributed by atoms with van der Waals surface area (Å²) in [6.07, 6.45) is 6.50. The predicted molar refractivity (Wildman–Crippen MR) is 95.8 cm³/mol. The van der Waals surface area contributed by atoms with Gasteiger partial charge in [-0.05, 0) is 30.3 Å². The van der Waals surface area contributed by atoms with Crippen LogP contribution in [0.15, 0.2) is 66.0 Å². The van der Waals surface area contributed by atoms with E-state index in [1.807, 2.05) is 30.3 Å². The molecule has 124 valence electrons. The van der Waals surface area contributed by atoms with Crippen molar-refractivity contribution in [3.63, 3.8) is 0 Å². The van der Waals surface area contributed by atoms with Crippen LogP contribution < -0.4 is 10.6 Å². The molecule has 0 fully saturated rings. The Bertz CT molecular complexity index is 699. The highest BCUT2D eigenvalue weighted by molar-refractivity contribution is 5.94. The molecule has 1 aromatic carbocycles. The second-order valence-electron chi connectivity index (χ2n) is 4.75. The van der Waals surface area contributed by atoms with Crippen molar-refractivity contribution >= 4 is 23.6 Å². The maximum Gasteiger partial charge on any atom is 0.251 e. The number of aromatic nitrogens is 1. The lowest BCUT2D eigenvalue weighted by molar-refractivity contribution is 0.0942. The third kappa shape index (κ3) is 5.92. The normalized spacial score (nSPS) is 10.9. The molecule has 2 N–H and O–H groups in total. The van der Waals surface area contributed by atoms with Gasteiger partial charge in [0.25, 0.3) is 5.91 Å². The molecule has 0 atom stereocenters. The van der Waals surface area contributed by atoms with Crippen LogP contribution >= 0.6 is 0 Å². The molecule has 0 unspecified atom stereocenters. The van der Waals surface area contributed by atoms with Gasteiger partial charge in [-0.2, -0.15) is 0 Å². The molecule has 24 heavy (non-hydrogen) atoms. The zero-order valence-electron chi connectivity index (χ0n) is 13.5. The quantitative estimate of drug-likeness (QED) is 0.445. The van der Waals surface area contributed by atoms with E-state index in [0.29, 0.717) is 24.5 Å². The molecule has 2 aromatic rings. The summed E-state index contributed by atoms with van der Waals surface area (Å²) in [4.78, 5) is 20.2. The van der Waals surface area contributed by atoms with Gasteiger partial charge in [-0.15, -0.1) is 0 Å². The van der Waals surface area contributed by atoms with E-state index in [0.717, 1.165) is 5.69 Å². The Balaban J connectivity index is 1.64. The molecule has 0 saturated carbocycles. The first-order valence-electron chi connectivity index (χ1n) is 7.57. The van der Waals surface area contributed by atoms with Crippen LogP contribution in [0.5, 0.6) is 0 Å². The van der Waals surface area contributed by atoms with E-state index in [9.17, 15) is 4.79 Å². The van der Waals surface area contributed by atoms with E-state index in [1.165, 1.54) is 0 Å². The van der Waals surface area contributed by atoms with Crippen LogP contribution in [-0.4, -0.2) is 37.3 Å². The monoisotopic (exact) mass is 324 g/mol. The van der Waals surface area contributed by atoms with Crippen molar-refractivity contribution in [2.45, 2.75) is 0 Å². The number of benzene rings is 1. The minimum absolute atomic E-state index is 0.160. The Kier molecular flexibility index (Phi) is 7.01. The SMILES string of the molecule is CNc1cc(C(=O)NCCO/C=C/C=Nc2ccccc2)ccn1. The molecule has 0 saturated heterocycles. The van der Waals surface area contributed by atoms with Gasteiger partial charge in [0.05, 0.1) is 18.5 Å². The van der Waals surface area contributed by atoms with Crippen LogP contribution in [0.4, 0.5) is 11.5 Å². The van der Waals surface area contributed by atoms with Gasteiger partial charge in [-0.25, -0.2) is 4.98 Å². The Morgan fingerprint density at radius 2 is 2.12 bits per heavy atom. The molecule has 0 bridgehead atoms. The van der Waals surface area contributed by atoms with E-state index in [2.05, 4.69) is 20.6 Å². The number of ether oxygens (including phenoxy) is 1. The number of carbonyl (C=O) groups is 1. The van der Waals surface area contributed by atoms with Crippen molar-refractivity contribution in [3.8, 4) is 0 Å². The van der Waals surface area contributed by atoms with Gasteiger partial charge in [-0.1, -0.05) is 18.2 Å². The fraction of sp³-hybridized carbons (Fsp3) is 0.167. The van der Waals surface area contributed by atoms with E-state index < -0.39 is 0 Å². The van der Waals surface area contributed by atoms with Crippen LogP contribution in [0, 0.1) is 0 Å². The van der Waals surface area contributed by atoms with Gasteiger partial charge in [0.15, 0.2) is 0 Å². The maximum atomic E-state index is 11.9. The number of nitrogens with zero attached hydrogens (tertiary/aromatic N) is 2. The molecule has 2 rings (SSSR count). The lowest BCUT2D eigenvalue weighted by Crippen LogP contribution is -2.26. The number of allylic oxidation sites excluding steroid dienone is 1. The molecule has 6 heteroatoms. The van der Waals surface area contributed by atoms with E-state index >= 15 is 0 Å². The highest BCUT2D eigenvalue weighted by Gasteiger charge is 2.05. The molecule has 0 aliphatic heterocycles. The van der Waals surface area contributed by atoms with Crippen LogP contribution in [0.1, 0.15) is 10.4 Å². The molecule has 0 aliphatic rings.